The van der Waals surface area contributed by atoms with Crippen molar-refractivity contribution in [3.05, 3.63) is 59.7 Å². The normalized spacial score (nSPS) is 15.4. The van der Waals surface area contributed by atoms with Crippen molar-refractivity contribution in [2.24, 2.45) is 0 Å². The molecule has 0 saturated carbocycles. The van der Waals surface area contributed by atoms with Gasteiger partial charge in [0.25, 0.3) is 5.91 Å². The Labute approximate surface area is 259 Å². The number of ether oxygens (including phenoxy) is 1. The minimum Gasteiger partial charge on any atom is -0.508 e. The molecule has 5 N–H and O–H groups in total. The number of hydrogen-bond acceptors (Lipinski definition) is 11. The predicted molar refractivity (Wildman–Crippen MR) is 163 cm³/mol. The highest BCUT2D eigenvalue weighted by Gasteiger charge is 2.29. The Bertz CT molecular complexity index is 1390. The summed E-state index contributed by atoms with van der Waals surface area (Å²) in [5, 5.41) is 28.5. The number of nitrogens with zero attached hydrogens (tertiary/aromatic N) is 5. The number of piperazine rings is 1. The molecule has 15 heteroatoms. The number of aromatic hydroxyl groups is 1. The van der Waals surface area contributed by atoms with Crippen molar-refractivity contribution in [3.63, 3.8) is 0 Å². The number of hydrogen-bond donors (Lipinski definition) is 5. The van der Waals surface area contributed by atoms with Crippen LogP contribution < -0.4 is 20.7 Å². The summed E-state index contributed by atoms with van der Waals surface area (Å²) in [6, 6.07) is 12.1. The number of aromatic nitrogens is 3. The van der Waals surface area contributed by atoms with E-state index in [0.717, 1.165) is 31.7 Å². The predicted octanol–water partition coefficient (Wildman–Crippen LogP) is 3.38. The molecule has 1 amide bonds. The molecule has 0 aliphatic carbocycles. The summed E-state index contributed by atoms with van der Waals surface area (Å²) >= 11 is 0. The summed E-state index contributed by atoms with van der Waals surface area (Å²) in [4.78, 5) is 29.3. The van der Waals surface area contributed by atoms with Gasteiger partial charge in [0, 0.05) is 62.6 Å². The summed E-state index contributed by atoms with van der Waals surface area (Å²) in [5.74, 6) is -0.389. The number of carbonyl (C=O) groups is 1. The van der Waals surface area contributed by atoms with Crippen LogP contribution in [-0.2, 0) is 6.54 Å². The number of alkyl halides is 3. The summed E-state index contributed by atoms with van der Waals surface area (Å²) < 4.78 is 43.0. The van der Waals surface area contributed by atoms with Gasteiger partial charge in [-0.05, 0) is 62.7 Å². The van der Waals surface area contributed by atoms with Crippen molar-refractivity contribution in [2.75, 3.05) is 56.5 Å². The zero-order valence-corrected chi connectivity index (χ0v) is 25.4. The van der Waals surface area contributed by atoms with Gasteiger partial charge < -0.3 is 30.9 Å². The largest absolute Gasteiger partial charge is 0.508 e. The molecule has 244 valence electrons. The summed E-state index contributed by atoms with van der Waals surface area (Å²) in [6.45, 7) is 9.31. The number of rotatable bonds is 12. The zero-order valence-electron chi connectivity index (χ0n) is 25.4. The Kier molecular flexibility index (Phi) is 11.0. The van der Waals surface area contributed by atoms with Crippen LogP contribution in [0.25, 0.3) is 0 Å². The molecule has 12 nitrogen and oxygen atoms in total. The fourth-order valence-electron chi connectivity index (χ4n) is 4.61. The van der Waals surface area contributed by atoms with E-state index in [1.807, 2.05) is 0 Å². The SMILES string of the molecule is CC(C)(C)N1CCN(CC(O)CNC(=O)c2ccc(Nc3nc(NCc4ccc(O)cc4)nc(OCC(F)(F)F)n3)cc2)CC1. The second kappa shape index (κ2) is 14.7. The van der Waals surface area contributed by atoms with Gasteiger partial charge in [-0.2, -0.15) is 28.1 Å². The molecule has 2 heterocycles. The molecule has 4 rings (SSSR count). The standard InChI is InChI=1S/C30H39F3N8O4/c1-29(2,3)41-14-12-40(13-15-41)18-24(43)17-34-25(44)21-6-8-22(9-7-21)36-27-37-26(35-16-20-4-10-23(42)11-5-20)38-28(39-27)45-19-30(31,32)33/h4-11,24,42-43H,12-19H2,1-3H3,(H,34,44)(H2,35,36,37,38,39). The van der Waals surface area contributed by atoms with Crippen molar-refractivity contribution in [2.45, 2.75) is 45.1 Å². The van der Waals surface area contributed by atoms with Gasteiger partial charge in [-0.25, -0.2) is 0 Å². The number of phenolic OH excluding ortho intramolecular Hbond substituents is 1. The van der Waals surface area contributed by atoms with Crippen LogP contribution in [0.4, 0.5) is 30.8 Å². The first kappa shape index (κ1) is 33.7. The zero-order chi connectivity index (χ0) is 32.6. The van der Waals surface area contributed by atoms with Gasteiger partial charge in [0.1, 0.15) is 5.75 Å². The minimum atomic E-state index is -4.59. The molecule has 0 bridgehead atoms. The molecule has 0 spiro atoms. The van der Waals surface area contributed by atoms with Gasteiger partial charge in [-0.1, -0.05) is 12.1 Å². The molecule has 1 aliphatic heterocycles. The third-order valence-electron chi connectivity index (χ3n) is 7.06. The number of aliphatic hydroxyl groups excluding tert-OH is 1. The molecule has 1 unspecified atom stereocenters. The lowest BCUT2D eigenvalue weighted by Gasteiger charge is -2.42. The number of phenols is 1. The summed E-state index contributed by atoms with van der Waals surface area (Å²) in [6.07, 6.45) is -5.31. The molecule has 1 aromatic heterocycles. The maximum absolute atomic E-state index is 12.7. The molecule has 45 heavy (non-hydrogen) atoms. The Balaban J connectivity index is 1.32. The molecule has 0 radical (unpaired) electrons. The number of nitrogens with one attached hydrogen (secondary N) is 3. The second-order valence-corrected chi connectivity index (χ2v) is 11.7. The Morgan fingerprint density at radius 1 is 0.956 bits per heavy atom. The Morgan fingerprint density at radius 2 is 1.60 bits per heavy atom. The van der Waals surface area contributed by atoms with Crippen LogP contribution in [-0.4, -0.2) is 105 Å². The smallest absolute Gasteiger partial charge is 0.422 e. The Morgan fingerprint density at radius 3 is 2.22 bits per heavy atom. The van der Waals surface area contributed by atoms with E-state index in [2.05, 4.69) is 61.5 Å². The van der Waals surface area contributed by atoms with E-state index in [0.29, 0.717) is 17.8 Å². The molecule has 1 saturated heterocycles. The maximum Gasteiger partial charge on any atom is 0.422 e. The lowest BCUT2D eigenvalue weighted by atomic mass is 10.0. The number of β-amino-alcohol motifs (C(OH)–C–C–N with tert-alkyl or cyclic N) is 1. The van der Waals surface area contributed by atoms with E-state index in [1.54, 1.807) is 36.4 Å². The maximum atomic E-state index is 12.7. The van der Waals surface area contributed by atoms with E-state index in [9.17, 15) is 28.2 Å². The van der Waals surface area contributed by atoms with Gasteiger partial charge in [0.15, 0.2) is 6.61 Å². The van der Waals surface area contributed by atoms with E-state index < -0.39 is 24.9 Å². The van der Waals surface area contributed by atoms with Gasteiger partial charge in [-0.3, -0.25) is 14.6 Å². The van der Waals surface area contributed by atoms with Crippen molar-refractivity contribution in [3.8, 4) is 11.8 Å². The summed E-state index contributed by atoms with van der Waals surface area (Å²) in [5.41, 5.74) is 1.69. The van der Waals surface area contributed by atoms with Crippen LogP contribution in [0.15, 0.2) is 48.5 Å². The van der Waals surface area contributed by atoms with Crippen LogP contribution in [0.2, 0.25) is 0 Å². The average Bonchev–Trinajstić information content (AvgIpc) is 2.98. The van der Waals surface area contributed by atoms with Gasteiger partial charge in [0.2, 0.25) is 11.9 Å². The molecular weight excluding hydrogens is 593 g/mol. The molecule has 3 aromatic rings. The molecule has 2 aromatic carbocycles. The molecule has 1 fully saturated rings. The number of anilines is 3. The summed E-state index contributed by atoms with van der Waals surface area (Å²) in [7, 11) is 0. The van der Waals surface area contributed by atoms with Crippen molar-refractivity contribution in [1.82, 2.24) is 30.1 Å². The first-order chi connectivity index (χ1) is 21.2. The van der Waals surface area contributed by atoms with Crippen molar-refractivity contribution in [1.29, 1.82) is 0 Å². The molecule has 1 atom stereocenters. The van der Waals surface area contributed by atoms with Gasteiger partial charge >= 0.3 is 12.2 Å². The highest BCUT2D eigenvalue weighted by atomic mass is 19.4. The molecular formula is C30H39F3N8O4. The number of carbonyl (C=O) groups excluding carboxylic acids is 1. The topological polar surface area (TPSA) is 148 Å². The van der Waals surface area contributed by atoms with Gasteiger partial charge in [0.05, 0.1) is 6.10 Å². The number of amides is 1. The van der Waals surface area contributed by atoms with E-state index in [1.165, 1.54) is 12.1 Å². The fourth-order valence-corrected chi connectivity index (χ4v) is 4.61. The number of benzene rings is 2. The number of halogens is 3. The van der Waals surface area contributed by atoms with Crippen LogP contribution >= 0.6 is 0 Å². The average molecular weight is 633 g/mol. The van der Waals surface area contributed by atoms with Crippen LogP contribution in [0.3, 0.4) is 0 Å². The monoisotopic (exact) mass is 632 g/mol. The number of aliphatic hydroxyl groups is 1. The van der Waals surface area contributed by atoms with Crippen LogP contribution in [0, 0.1) is 0 Å². The fraction of sp³-hybridized carbons (Fsp3) is 0.467. The molecule has 1 aliphatic rings. The lowest BCUT2D eigenvalue weighted by Crippen LogP contribution is -2.55. The van der Waals surface area contributed by atoms with E-state index in [4.69, 9.17) is 4.74 Å². The minimum absolute atomic E-state index is 0.0385. The second-order valence-electron chi connectivity index (χ2n) is 11.7. The Hall–Kier alpha value is -4.21. The van der Waals surface area contributed by atoms with Gasteiger partial charge in [-0.15, -0.1) is 0 Å². The van der Waals surface area contributed by atoms with Crippen molar-refractivity contribution < 1.29 is 32.9 Å². The third kappa shape index (κ3) is 11.0. The first-order valence-corrected chi connectivity index (χ1v) is 14.5. The first-order valence-electron chi connectivity index (χ1n) is 14.5. The highest BCUT2D eigenvalue weighted by molar-refractivity contribution is 5.94. The quantitative estimate of drug-likeness (QED) is 0.200. The lowest BCUT2D eigenvalue weighted by molar-refractivity contribution is -0.154. The highest BCUT2D eigenvalue weighted by Crippen LogP contribution is 2.21. The van der Waals surface area contributed by atoms with Crippen LogP contribution in [0.1, 0.15) is 36.7 Å². The van der Waals surface area contributed by atoms with Crippen LogP contribution in [0.5, 0.6) is 11.8 Å². The van der Waals surface area contributed by atoms with E-state index in [-0.39, 0.29) is 42.2 Å². The van der Waals surface area contributed by atoms with E-state index >= 15 is 0 Å². The third-order valence-corrected chi connectivity index (χ3v) is 7.06. The van der Waals surface area contributed by atoms with Crippen molar-refractivity contribution >= 4 is 23.5 Å².